The molecule has 10 nitrogen and oxygen atoms in total. The van der Waals surface area contributed by atoms with Crippen molar-refractivity contribution in [2.45, 2.75) is 89.3 Å². The molecule has 2 N–H and O–H groups in total. The molecule has 0 aromatic carbocycles. The molecule has 204 valence electrons. The Morgan fingerprint density at radius 1 is 1.11 bits per heavy atom. The van der Waals surface area contributed by atoms with Crippen LogP contribution in [0.4, 0.5) is 15.4 Å². The number of piperidine rings is 1. The Labute approximate surface area is 224 Å². The summed E-state index contributed by atoms with van der Waals surface area (Å²) < 4.78 is 5.52. The van der Waals surface area contributed by atoms with Gasteiger partial charge in [-0.3, -0.25) is 15.3 Å². The molecule has 3 aliphatic rings. The van der Waals surface area contributed by atoms with Crippen molar-refractivity contribution in [3.8, 4) is 0 Å². The third kappa shape index (κ3) is 6.16. The van der Waals surface area contributed by atoms with Crippen LogP contribution in [0, 0.1) is 0 Å². The highest BCUT2D eigenvalue weighted by molar-refractivity contribution is 5.90. The summed E-state index contributed by atoms with van der Waals surface area (Å²) >= 11 is 0. The number of nitrogens with zero attached hydrogens (tertiary/aromatic N) is 5. The number of hydrogen-bond acceptors (Lipinski definition) is 7. The largest absolute Gasteiger partial charge is 0.444 e. The molecule has 1 saturated carbocycles. The Bertz CT molecular complexity index is 1210. The fourth-order valence-electron chi connectivity index (χ4n) is 5.57. The van der Waals surface area contributed by atoms with Gasteiger partial charge in [0.2, 0.25) is 0 Å². The van der Waals surface area contributed by atoms with Crippen LogP contribution in [0.25, 0.3) is 11.0 Å². The maximum atomic E-state index is 12.6. The van der Waals surface area contributed by atoms with Gasteiger partial charge in [-0.05, 0) is 77.1 Å². The molecule has 1 saturated heterocycles. The molecule has 1 aliphatic carbocycles. The minimum atomic E-state index is -0.486. The molecule has 5 rings (SSSR count). The van der Waals surface area contributed by atoms with Gasteiger partial charge in [-0.2, -0.15) is 5.10 Å². The number of hydrogen-bond donors (Lipinski definition) is 2. The smallest absolute Gasteiger partial charge is 0.410 e. The number of urea groups is 1. The molecule has 2 aromatic rings. The van der Waals surface area contributed by atoms with Gasteiger partial charge in [0.05, 0.1) is 17.1 Å². The number of ether oxygens (including phenoxy) is 1. The zero-order chi connectivity index (χ0) is 26.9. The van der Waals surface area contributed by atoms with E-state index in [4.69, 9.17) is 9.84 Å². The quantitative estimate of drug-likeness (QED) is 0.594. The summed E-state index contributed by atoms with van der Waals surface area (Å²) in [5.41, 5.74) is 1.94. The molecule has 1 unspecified atom stereocenters. The van der Waals surface area contributed by atoms with Crippen molar-refractivity contribution in [1.29, 1.82) is 0 Å². The number of anilines is 1. The van der Waals surface area contributed by atoms with Gasteiger partial charge in [0, 0.05) is 43.5 Å². The number of hydrazone groups is 1. The second-order valence-corrected chi connectivity index (χ2v) is 12.0. The van der Waals surface area contributed by atoms with Crippen LogP contribution in [0.2, 0.25) is 0 Å². The first kappa shape index (κ1) is 26.2. The Kier molecular flexibility index (Phi) is 7.15. The molecule has 1 atom stereocenters. The fourth-order valence-corrected chi connectivity index (χ4v) is 5.57. The number of rotatable bonds is 4. The number of carbonyl (C=O) groups is 2. The first-order valence-corrected chi connectivity index (χ1v) is 13.7. The highest BCUT2D eigenvalue weighted by Gasteiger charge is 2.32. The molecule has 0 bridgehead atoms. The number of amides is 3. The van der Waals surface area contributed by atoms with Gasteiger partial charge in [-0.25, -0.2) is 14.6 Å². The van der Waals surface area contributed by atoms with Crippen molar-refractivity contribution >= 4 is 35.2 Å². The molecule has 4 heterocycles. The Hall–Kier alpha value is -3.43. The number of carbonyl (C=O) groups excluding carboxylic acids is 2. The third-order valence-corrected chi connectivity index (χ3v) is 7.67. The van der Waals surface area contributed by atoms with Crippen molar-refractivity contribution < 1.29 is 14.3 Å². The predicted molar refractivity (Wildman–Crippen MR) is 147 cm³/mol. The minimum absolute atomic E-state index is 0.111. The normalized spacial score (nSPS) is 21.6. The minimum Gasteiger partial charge on any atom is -0.444 e. The summed E-state index contributed by atoms with van der Waals surface area (Å²) in [5, 5.41) is 12.8. The van der Waals surface area contributed by atoms with Crippen LogP contribution in [0.1, 0.15) is 77.7 Å². The maximum absolute atomic E-state index is 12.6. The van der Waals surface area contributed by atoms with Gasteiger partial charge in [-0.15, -0.1) is 0 Å². The summed E-state index contributed by atoms with van der Waals surface area (Å²) in [6.45, 7) is 9.86. The number of pyridine rings is 2. The van der Waals surface area contributed by atoms with Crippen LogP contribution in [-0.4, -0.2) is 75.0 Å². The molecular weight excluding hydrogens is 482 g/mol. The van der Waals surface area contributed by atoms with Crippen LogP contribution in [-0.2, 0) is 4.74 Å². The summed E-state index contributed by atoms with van der Waals surface area (Å²) in [6, 6.07) is 5.77. The number of fused-ring (bicyclic) bond motifs is 1. The topological polar surface area (TPSA) is 112 Å². The van der Waals surface area contributed by atoms with Gasteiger partial charge in [0.1, 0.15) is 11.4 Å². The van der Waals surface area contributed by atoms with E-state index >= 15 is 0 Å². The molecule has 2 aromatic heterocycles. The zero-order valence-corrected chi connectivity index (χ0v) is 22.9. The highest BCUT2D eigenvalue weighted by Crippen LogP contribution is 2.30. The lowest BCUT2D eigenvalue weighted by atomic mass is 10.00. The summed E-state index contributed by atoms with van der Waals surface area (Å²) in [7, 11) is 0. The zero-order valence-electron chi connectivity index (χ0n) is 22.9. The molecule has 10 heteroatoms. The van der Waals surface area contributed by atoms with E-state index in [1.165, 1.54) is 0 Å². The SMILES string of the molecule is CC1(NC(=O)Nc2ccc3ncc(C4C=NN(C5CCN(C(=O)OC(C)(C)C)CC5)C4)cc3n2)CCCC1. The van der Waals surface area contributed by atoms with Crippen LogP contribution in [0.5, 0.6) is 0 Å². The molecule has 3 amide bonds. The summed E-state index contributed by atoms with van der Waals surface area (Å²) in [6.07, 6.45) is 9.63. The first-order chi connectivity index (χ1) is 18.1. The van der Waals surface area contributed by atoms with Gasteiger partial charge in [0.15, 0.2) is 0 Å². The maximum Gasteiger partial charge on any atom is 0.410 e. The van der Waals surface area contributed by atoms with E-state index in [2.05, 4.69) is 32.5 Å². The fraction of sp³-hybridized carbons (Fsp3) is 0.607. The van der Waals surface area contributed by atoms with Gasteiger partial charge >= 0.3 is 12.1 Å². The van der Waals surface area contributed by atoms with Crippen molar-refractivity contribution in [3.05, 3.63) is 30.0 Å². The lowest BCUT2D eigenvalue weighted by Crippen LogP contribution is -2.46. The average molecular weight is 522 g/mol. The van der Waals surface area contributed by atoms with Gasteiger partial charge in [0.25, 0.3) is 0 Å². The van der Waals surface area contributed by atoms with Gasteiger partial charge < -0.3 is 15.0 Å². The molecule has 0 radical (unpaired) electrons. The van der Waals surface area contributed by atoms with Crippen LogP contribution in [0.3, 0.4) is 0 Å². The van der Waals surface area contributed by atoms with Gasteiger partial charge in [-0.1, -0.05) is 12.8 Å². The van der Waals surface area contributed by atoms with E-state index in [0.717, 1.165) is 61.7 Å². The summed E-state index contributed by atoms with van der Waals surface area (Å²) in [5.74, 6) is 0.619. The summed E-state index contributed by atoms with van der Waals surface area (Å²) in [4.78, 5) is 36.0. The second kappa shape index (κ2) is 10.4. The van der Waals surface area contributed by atoms with E-state index in [1.807, 2.05) is 45.3 Å². The molecule has 0 spiro atoms. The Balaban J connectivity index is 1.18. The average Bonchev–Trinajstić information content (AvgIpc) is 3.52. The Morgan fingerprint density at radius 2 is 1.84 bits per heavy atom. The Morgan fingerprint density at radius 3 is 2.55 bits per heavy atom. The monoisotopic (exact) mass is 521 g/mol. The lowest BCUT2D eigenvalue weighted by Gasteiger charge is -2.36. The highest BCUT2D eigenvalue weighted by atomic mass is 16.6. The van der Waals surface area contributed by atoms with E-state index in [0.29, 0.717) is 18.9 Å². The number of likely N-dealkylation sites (tertiary alicyclic amines) is 1. The van der Waals surface area contributed by atoms with Crippen molar-refractivity contribution in [3.63, 3.8) is 0 Å². The third-order valence-electron chi connectivity index (χ3n) is 7.67. The van der Waals surface area contributed by atoms with E-state index in [-0.39, 0.29) is 29.6 Å². The molecule has 2 fully saturated rings. The van der Waals surface area contributed by atoms with Crippen LogP contribution >= 0.6 is 0 Å². The van der Waals surface area contributed by atoms with Crippen molar-refractivity contribution in [2.24, 2.45) is 5.10 Å². The van der Waals surface area contributed by atoms with E-state index < -0.39 is 5.60 Å². The van der Waals surface area contributed by atoms with E-state index in [1.54, 1.807) is 11.0 Å². The second-order valence-electron chi connectivity index (χ2n) is 12.0. The first-order valence-electron chi connectivity index (χ1n) is 13.7. The number of aromatic nitrogens is 2. The van der Waals surface area contributed by atoms with Crippen molar-refractivity contribution in [2.75, 3.05) is 25.0 Å². The molecular formula is C28H39N7O3. The van der Waals surface area contributed by atoms with E-state index in [9.17, 15) is 9.59 Å². The number of nitrogens with one attached hydrogen (secondary N) is 2. The molecule has 2 aliphatic heterocycles. The standard InChI is InChI=1S/C28H39N7O3/c1-27(2,3)38-26(37)34-13-9-21(10-14-34)35-18-20(17-30-35)19-15-23-22(29-16-19)7-8-24(31-23)32-25(36)33-28(4)11-5-6-12-28/h7-8,15-17,20-21H,5-6,9-14,18H2,1-4H3,(H2,31,32,33,36). The van der Waals surface area contributed by atoms with Crippen LogP contribution in [0.15, 0.2) is 29.5 Å². The molecule has 38 heavy (non-hydrogen) atoms. The van der Waals surface area contributed by atoms with Crippen LogP contribution < -0.4 is 10.6 Å². The predicted octanol–water partition coefficient (Wildman–Crippen LogP) is 4.87. The van der Waals surface area contributed by atoms with Crippen molar-refractivity contribution in [1.82, 2.24) is 25.2 Å². The lowest BCUT2D eigenvalue weighted by molar-refractivity contribution is 0.0149.